The Kier molecular flexibility index (Phi) is 4.36. The third-order valence-electron chi connectivity index (χ3n) is 2.91. The van der Waals surface area contributed by atoms with Gasteiger partial charge in [-0.15, -0.1) is 11.3 Å². The molecule has 9 heteroatoms. The van der Waals surface area contributed by atoms with E-state index in [-0.39, 0.29) is 10.9 Å². The van der Waals surface area contributed by atoms with Gasteiger partial charge in [0.15, 0.2) is 0 Å². The minimum atomic E-state index is -5.18. The zero-order chi connectivity index (χ0) is 16.5. The van der Waals surface area contributed by atoms with Crippen LogP contribution in [0.2, 0.25) is 0 Å². The minimum Gasteiger partial charge on any atom is -0.480 e. The van der Waals surface area contributed by atoms with Gasteiger partial charge in [0.25, 0.3) is 0 Å². The summed E-state index contributed by atoms with van der Waals surface area (Å²) >= 11 is 1.14. The van der Waals surface area contributed by atoms with Crippen molar-refractivity contribution in [3.63, 3.8) is 0 Å². The van der Waals surface area contributed by atoms with E-state index in [1.54, 1.807) is 6.07 Å². The lowest BCUT2D eigenvalue weighted by atomic mass is 10.0. The zero-order valence-corrected chi connectivity index (χ0v) is 11.6. The van der Waals surface area contributed by atoms with Gasteiger partial charge in [-0.3, -0.25) is 4.79 Å². The average molecular weight is 335 g/mol. The van der Waals surface area contributed by atoms with Crippen LogP contribution in [-0.2, 0) is 16.0 Å². The van der Waals surface area contributed by atoms with E-state index < -0.39 is 36.3 Å². The van der Waals surface area contributed by atoms with Crippen molar-refractivity contribution in [2.75, 3.05) is 0 Å². The highest BCUT2D eigenvalue weighted by atomic mass is 32.1. The van der Waals surface area contributed by atoms with Crippen LogP contribution in [0, 0.1) is 5.82 Å². The van der Waals surface area contributed by atoms with Crippen LogP contribution in [-0.4, -0.2) is 29.2 Å². The summed E-state index contributed by atoms with van der Waals surface area (Å²) in [4.78, 5) is 21.9. The molecule has 1 aromatic carbocycles. The molecule has 2 N–H and O–H groups in total. The average Bonchev–Trinajstić information content (AvgIpc) is 2.81. The molecular formula is C13H9F4NO3S. The molecule has 0 spiro atoms. The fraction of sp³-hybridized carbons (Fsp3) is 0.231. The molecule has 0 unspecified atom stereocenters. The van der Waals surface area contributed by atoms with Gasteiger partial charge in [-0.05, 0) is 23.1 Å². The lowest BCUT2D eigenvalue weighted by Crippen LogP contribution is -2.47. The second-order valence-corrected chi connectivity index (χ2v) is 5.35. The number of carboxylic acids is 1. The Labute approximate surface area is 125 Å². The van der Waals surface area contributed by atoms with Crippen molar-refractivity contribution in [3.8, 4) is 0 Å². The normalized spacial score (nSPS) is 13.1. The van der Waals surface area contributed by atoms with Crippen molar-refractivity contribution in [1.82, 2.24) is 5.32 Å². The maximum atomic E-state index is 13.8. The monoisotopic (exact) mass is 335 g/mol. The number of fused-ring (bicyclic) bond motifs is 1. The van der Waals surface area contributed by atoms with Crippen LogP contribution in [0.15, 0.2) is 23.6 Å². The lowest BCUT2D eigenvalue weighted by molar-refractivity contribution is -0.175. The predicted molar refractivity (Wildman–Crippen MR) is 71.1 cm³/mol. The molecule has 2 rings (SSSR count). The largest absolute Gasteiger partial charge is 0.480 e. The number of thiophene rings is 1. The fourth-order valence-corrected chi connectivity index (χ4v) is 2.90. The third kappa shape index (κ3) is 3.35. The number of rotatable bonds is 4. The molecule has 0 aliphatic carbocycles. The minimum absolute atomic E-state index is 0.153. The number of aliphatic carboxylic acids is 1. The highest BCUT2D eigenvalue weighted by Crippen LogP contribution is 2.29. The molecule has 0 saturated heterocycles. The smallest absolute Gasteiger partial charge is 0.471 e. The highest BCUT2D eigenvalue weighted by Gasteiger charge is 2.41. The molecule has 22 heavy (non-hydrogen) atoms. The maximum absolute atomic E-state index is 13.8. The molecule has 0 aliphatic heterocycles. The van der Waals surface area contributed by atoms with Gasteiger partial charge in [0.2, 0.25) is 0 Å². The van der Waals surface area contributed by atoms with E-state index in [9.17, 15) is 27.2 Å². The number of hydrogen-bond acceptors (Lipinski definition) is 3. The van der Waals surface area contributed by atoms with Crippen molar-refractivity contribution >= 4 is 33.3 Å². The van der Waals surface area contributed by atoms with Crippen LogP contribution >= 0.6 is 11.3 Å². The molecular weight excluding hydrogens is 326 g/mol. The number of amides is 1. The van der Waals surface area contributed by atoms with Crippen molar-refractivity contribution in [1.29, 1.82) is 0 Å². The predicted octanol–water partition coefficient (Wildman–Crippen LogP) is 2.71. The number of hydrogen-bond donors (Lipinski definition) is 2. The number of carbonyl (C=O) groups excluding carboxylic acids is 1. The van der Waals surface area contributed by atoms with Crippen LogP contribution in [0.3, 0.4) is 0 Å². The Morgan fingerprint density at radius 3 is 2.59 bits per heavy atom. The zero-order valence-electron chi connectivity index (χ0n) is 10.8. The van der Waals surface area contributed by atoms with Crippen molar-refractivity contribution in [2.24, 2.45) is 0 Å². The third-order valence-corrected chi connectivity index (χ3v) is 3.91. The Balaban J connectivity index is 2.28. The number of carbonyl (C=O) groups is 2. The van der Waals surface area contributed by atoms with E-state index in [0.29, 0.717) is 4.70 Å². The van der Waals surface area contributed by atoms with E-state index in [2.05, 4.69) is 0 Å². The van der Waals surface area contributed by atoms with Gasteiger partial charge in [-0.1, -0.05) is 6.07 Å². The van der Waals surface area contributed by atoms with Crippen LogP contribution in [0.5, 0.6) is 0 Å². The summed E-state index contributed by atoms with van der Waals surface area (Å²) in [5.41, 5.74) is 0.230. The van der Waals surface area contributed by atoms with Crippen molar-refractivity contribution < 1.29 is 32.3 Å². The Morgan fingerprint density at radius 2 is 2.00 bits per heavy atom. The topological polar surface area (TPSA) is 66.4 Å². The van der Waals surface area contributed by atoms with E-state index in [1.807, 2.05) is 0 Å². The molecule has 1 atom stereocenters. The van der Waals surface area contributed by atoms with Gasteiger partial charge >= 0.3 is 18.1 Å². The van der Waals surface area contributed by atoms with Gasteiger partial charge in [0.1, 0.15) is 11.9 Å². The molecule has 1 heterocycles. The van der Waals surface area contributed by atoms with Gasteiger partial charge in [-0.2, -0.15) is 13.2 Å². The number of benzene rings is 1. The summed E-state index contributed by atoms with van der Waals surface area (Å²) in [7, 11) is 0. The standard InChI is InChI=1S/C13H9F4NO3S/c14-7-2-1-3-9-10(7)6(5-22-9)4-8(11(19)20)18-12(21)13(15,16)17/h1-3,5,8H,4H2,(H,18,21)(H,19,20)/t8-/m0/s1. The number of halogens is 4. The Morgan fingerprint density at radius 1 is 1.32 bits per heavy atom. The van der Waals surface area contributed by atoms with Gasteiger partial charge in [0, 0.05) is 16.5 Å². The summed E-state index contributed by atoms with van der Waals surface area (Å²) in [6.07, 6.45) is -5.63. The van der Waals surface area contributed by atoms with Crippen molar-refractivity contribution in [3.05, 3.63) is 35.0 Å². The molecule has 2 aromatic rings. The summed E-state index contributed by atoms with van der Waals surface area (Å²) in [5.74, 6) is -4.58. The first kappa shape index (κ1) is 16.2. The van der Waals surface area contributed by atoms with Gasteiger partial charge in [0.05, 0.1) is 0 Å². The highest BCUT2D eigenvalue weighted by molar-refractivity contribution is 7.17. The van der Waals surface area contributed by atoms with Crippen molar-refractivity contribution in [2.45, 2.75) is 18.6 Å². The molecule has 0 saturated carbocycles. The number of carboxylic acid groups (broad SMARTS) is 1. The quantitative estimate of drug-likeness (QED) is 0.845. The first-order valence-corrected chi connectivity index (χ1v) is 6.83. The Bertz CT molecular complexity index is 726. The van der Waals surface area contributed by atoms with Crippen LogP contribution in [0.1, 0.15) is 5.56 Å². The molecule has 1 amide bonds. The Hall–Kier alpha value is -2.16. The molecule has 0 fully saturated rings. The molecule has 0 aliphatic rings. The summed E-state index contributed by atoms with van der Waals surface area (Å²) in [5, 5.41) is 12.0. The summed E-state index contributed by atoms with van der Waals surface area (Å²) < 4.78 is 50.9. The first-order valence-electron chi connectivity index (χ1n) is 5.95. The first-order chi connectivity index (χ1) is 10.2. The summed E-state index contributed by atoms with van der Waals surface area (Å²) in [6.45, 7) is 0. The van der Waals surface area contributed by atoms with E-state index in [0.717, 1.165) is 11.3 Å². The molecule has 118 valence electrons. The fourth-order valence-electron chi connectivity index (χ4n) is 1.92. The van der Waals surface area contributed by atoms with E-state index in [4.69, 9.17) is 5.11 Å². The second-order valence-electron chi connectivity index (χ2n) is 4.44. The molecule has 0 radical (unpaired) electrons. The summed E-state index contributed by atoms with van der Waals surface area (Å²) in [6, 6.07) is 2.45. The van der Waals surface area contributed by atoms with Crippen LogP contribution < -0.4 is 5.32 Å². The number of alkyl halides is 3. The molecule has 1 aromatic heterocycles. The van der Waals surface area contributed by atoms with Gasteiger partial charge < -0.3 is 10.4 Å². The van der Waals surface area contributed by atoms with Crippen LogP contribution in [0.25, 0.3) is 10.1 Å². The van der Waals surface area contributed by atoms with Crippen LogP contribution in [0.4, 0.5) is 17.6 Å². The number of nitrogens with one attached hydrogen (secondary N) is 1. The van der Waals surface area contributed by atoms with E-state index >= 15 is 0 Å². The maximum Gasteiger partial charge on any atom is 0.471 e. The second kappa shape index (κ2) is 5.91. The SMILES string of the molecule is O=C(O)[C@H](Cc1csc2cccc(F)c12)NC(=O)C(F)(F)F. The van der Waals surface area contributed by atoms with Gasteiger partial charge in [-0.25, -0.2) is 9.18 Å². The molecule has 4 nitrogen and oxygen atoms in total. The van der Waals surface area contributed by atoms with E-state index in [1.165, 1.54) is 22.8 Å². The molecule has 0 bridgehead atoms. The lowest BCUT2D eigenvalue weighted by Gasteiger charge is -2.15.